The topological polar surface area (TPSA) is 93.6 Å². The van der Waals surface area contributed by atoms with Crippen molar-refractivity contribution >= 4 is 29.5 Å². The molecule has 238 valence electrons. The molecule has 9 nitrogen and oxygen atoms in total. The molecule has 1 unspecified atom stereocenters. The maximum atomic E-state index is 14.8. The van der Waals surface area contributed by atoms with Gasteiger partial charge >= 0.3 is 0 Å². The van der Waals surface area contributed by atoms with Crippen LogP contribution in [0, 0.1) is 17.8 Å². The molecule has 0 saturated carbocycles. The fourth-order valence-corrected chi connectivity index (χ4v) is 10.1. The number of hydrogen-bond donors (Lipinski definition) is 1. The molecule has 0 radical (unpaired) electrons. The van der Waals surface area contributed by atoms with Crippen molar-refractivity contribution in [2.45, 2.75) is 55.3 Å². The Labute approximate surface area is 265 Å². The molecule has 1 N–H and O–H groups in total. The van der Waals surface area contributed by atoms with Crippen LogP contribution in [0.3, 0.4) is 0 Å². The van der Waals surface area contributed by atoms with Crippen molar-refractivity contribution in [3.63, 3.8) is 0 Å². The Kier molecular flexibility index (Phi) is 8.98. The molecule has 1 aromatic carbocycles. The lowest BCUT2D eigenvalue weighted by atomic mass is 9.74. The predicted octanol–water partition coefficient (Wildman–Crippen LogP) is 2.41. The maximum absolute atomic E-state index is 14.8. The summed E-state index contributed by atoms with van der Waals surface area (Å²) in [7, 11) is 0. The molecule has 3 amide bonds. The van der Waals surface area contributed by atoms with Crippen molar-refractivity contribution in [3.05, 3.63) is 60.2 Å². The summed E-state index contributed by atoms with van der Waals surface area (Å²) in [6.07, 6.45) is 9.02. The molecule has 5 aliphatic heterocycles. The lowest BCUT2D eigenvalue weighted by Gasteiger charge is -2.41. The Balaban J connectivity index is 1.38. The van der Waals surface area contributed by atoms with Gasteiger partial charge in [-0.2, -0.15) is 0 Å². The maximum Gasteiger partial charge on any atom is 0.247 e. The number of amides is 3. The Morgan fingerprint density at radius 2 is 1.66 bits per heavy atom. The van der Waals surface area contributed by atoms with E-state index in [2.05, 4.69) is 30.1 Å². The third kappa shape index (κ3) is 5.31. The van der Waals surface area contributed by atoms with Crippen molar-refractivity contribution in [2.75, 3.05) is 59.1 Å². The second-order valence-electron chi connectivity index (χ2n) is 13.1. The van der Waals surface area contributed by atoms with E-state index in [1.54, 1.807) is 16.7 Å². The molecule has 3 saturated heterocycles. The summed E-state index contributed by atoms with van der Waals surface area (Å²) in [4.78, 5) is 51.9. The number of aliphatic hydroxyl groups is 1. The quantitative estimate of drug-likeness (QED) is 0.423. The molecule has 5 heterocycles. The van der Waals surface area contributed by atoms with E-state index in [9.17, 15) is 19.5 Å². The van der Waals surface area contributed by atoms with E-state index in [-0.39, 0.29) is 30.2 Å². The van der Waals surface area contributed by atoms with Gasteiger partial charge in [0.05, 0.1) is 42.4 Å². The first-order valence-corrected chi connectivity index (χ1v) is 17.0. The van der Waals surface area contributed by atoms with Crippen LogP contribution in [0.2, 0.25) is 0 Å². The number of nitrogens with zero attached hydrogens (tertiary/aromatic N) is 4. The molecule has 0 aliphatic carbocycles. The highest BCUT2D eigenvalue weighted by Gasteiger charge is 2.74. The first kappa shape index (κ1) is 31.3. The van der Waals surface area contributed by atoms with E-state index >= 15 is 0 Å². The van der Waals surface area contributed by atoms with Gasteiger partial charge in [0.1, 0.15) is 6.04 Å². The first-order valence-electron chi connectivity index (χ1n) is 16.1. The highest BCUT2D eigenvalue weighted by atomic mass is 32.2. The smallest absolute Gasteiger partial charge is 0.247 e. The van der Waals surface area contributed by atoms with Crippen LogP contribution in [-0.2, 0) is 25.7 Å². The number of morpholine rings is 1. The van der Waals surface area contributed by atoms with Crippen LogP contribution in [0.1, 0.15) is 32.8 Å². The van der Waals surface area contributed by atoms with Gasteiger partial charge in [-0.15, -0.1) is 11.8 Å². The van der Waals surface area contributed by atoms with Gasteiger partial charge in [0, 0.05) is 50.6 Å². The van der Waals surface area contributed by atoms with E-state index in [1.807, 2.05) is 60.1 Å². The molecular formula is C34H46N4O5S. The van der Waals surface area contributed by atoms with Gasteiger partial charge in [-0.05, 0) is 18.4 Å². The zero-order chi connectivity index (χ0) is 31.1. The number of rotatable bonds is 9. The number of thioether (sulfide) groups is 1. The second-order valence-corrected chi connectivity index (χ2v) is 14.9. The molecule has 3 fully saturated rings. The van der Waals surface area contributed by atoms with Crippen molar-refractivity contribution in [1.29, 1.82) is 0 Å². The number of hydrogen-bond acceptors (Lipinski definition) is 7. The van der Waals surface area contributed by atoms with Crippen LogP contribution in [0.5, 0.6) is 0 Å². The zero-order valence-corrected chi connectivity index (χ0v) is 27.0. The number of carbonyl (C=O) groups is 3. The van der Waals surface area contributed by atoms with Crippen molar-refractivity contribution in [1.82, 2.24) is 19.6 Å². The molecule has 1 aromatic rings. The van der Waals surface area contributed by atoms with E-state index < -0.39 is 33.4 Å². The number of fused-ring (bicyclic) bond motifs is 2. The minimum Gasteiger partial charge on any atom is -0.394 e. The van der Waals surface area contributed by atoms with Gasteiger partial charge in [-0.25, -0.2) is 0 Å². The van der Waals surface area contributed by atoms with Crippen LogP contribution < -0.4 is 0 Å². The second kappa shape index (κ2) is 12.6. The van der Waals surface area contributed by atoms with E-state index in [1.165, 1.54) is 0 Å². The largest absolute Gasteiger partial charge is 0.394 e. The molecule has 10 heteroatoms. The Bertz CT molecular complexity index is 1300. The van der Waals surface area contributed by atoms with Gasteiger partial charge in [-0.1, -0.05) is 74.9 Å². The average molecular weight is 623 g/mol. The van der Waals surface area contributed by atoms with Crippen LogP contribution in [0.25, 0.3) is 0 Å². The fourth-order valence-electron chi connectivity index (χ4n) is 7.96. The summed E-state index contributed by atoms with van der Waals surface area (Å²) in [6.45, 7) is 11.6. The molecule has 0 bridgehead atoms. The molecule has 1 spiro atoms. The van der Waals surface area contributed by atoms with E-state index in [0.29, 0.717) is 39.4 Å². The van der Waals surface area contributed by atoms with Crippen molar-refractivity contribution in [2.24, 2.45) is 17.8 Å². The van der Waals surface area contributed by atoms with Crippen LogP contribution >= 0.6 is 11.8 Å². The zero-order valence-electron chi connectivity index (χ0n) is 26.1. The highest BCUT2D eigenvalue weighted by molar-refractivity contribution is 8.02. The number of likely N-dealkylation sites (tertiary alicyclic amines) is 1. The summed E-state index contributed by atoms with van der Waals surface area (Å²) >= 11 is 1.60. The normalized spacial score (nSPS) is 33.6. The minimum atomic E-state index is -0.919. The first-order chi connectivity index (χ1) is 21.2. The van der Waals surface area contributed by atoms with E-state index in [4.69, 9.17) is 4.74 Å². The summed E-state index contributed by atoms with van der Waals surface area (Å²) in [6, 6.07) is 8.62. The van der Waals surface area contributed by atoms with Crippen LogP contribution in [0.15, 0.2) is 54.6 Å². The van der Waals surface area contributed by atoms with Gasteiger partial charge in [0.15, 0.2) is 0 Å². The average Bonchev–Trinajstić information content (AvgIpc) is 3.31. The van der Waals surface area contributed by atoms with Gasteiger partial charge in [0.25, 0.3) is 0 Å². The SMILES string of the molecule is CC[C@H](C)[C@H](CO)N1C(=O)[C@@H]2[C@@H]3C(=O)N(Cc4ccccc4)CC=C[C@]3(C)S[C@@]23C=CCN(CCN2CCOCC2)C(=O)C13. The van der Waals surface area contributed by atoms with Crippen LogP contribution in [0.4, 0.5) is 0 Å². The van der Waals surface area contributed by atoms with Crippen molar-refractivity contribution < 1.29 is 24.2 Å². The van der Waals surface area contributed by atoms with Gasteiger partial charge < -0.3 is 24.5 Å². The fraction of sp³-hybridized carbons (Fsp3) is 0.618. The lowest BCUT2D eigenvalue weighted by molar-refractivity contribution is -0.148. The Morgan fingerprint density at radius 1 is 0.955 bits per heavy atom. The molecule has 0 aromatic heterocycles. The number of benzene rings is 1. The lowest BCUT2D eigenvalue weighted by Crippen LogP contribution is -2.58. The molecular weight excluding hydrogens is 576 g/mol. The standard InChI is InChI=1S/C34H46N4O5S/c1-4-24(2)26(23-39)38-29-32(42)36(17-16-35-18-20-43-21-19-35)14-9-13-34(29)28(31(38)41)27-30(40)37(15-8-12-33(27,3)44-34)22-25-10-6-5-7-11-25/h5-13,24,26-29,39H,4,14-23H2,1-3H3/t24-,26-,27+,28-,29?,33-,34-/m0/s1. The molecule has 7 atom stereocenters. The van der Waals surface area contributed by atoms with Crippen molar-refractivity contribution in [3.8, 4) is 0 Å². The van der Waals surface area contributed by atoms with Crippen LogP contribution in [-0.4, -0.2) is 123 Å². The number of carbonyl (C=O) groups excluding carboxylic acids is 3. The Morgan fingerprint density at radius 3 is 2.36 bits per heavy atom. The molecule has 44 heavy (non-hydrogen) atoms. The van der Waals surface area contributed by atoms with Gasteiger partial charge in [0.2, 0.25) is 17.7 Å². The molecule has 6 rings (SSSR count). The van der Waals surface area contributed by atoms with Gasteiger partial charge in [-0.3, -0.25) is 19.3 Å². The summed E-state index contributed by atoms with van der Waals surface area (Å²) in [5, 5.41) is 10.7. The van der Waals surface area contributed by atoms with E-state index in [0.717, 1.165) is 31.6 Å². The summed E-state index contributed by atoms with van der Waals surface area (Å²) in [5.41, 5.74) is 1.04. The third-order valence-electron chi connectivity index (χ3n) is 10.5. The highest BCUT2D eigenvalue weighted by Crippen LogP contribution is 2.66. The summed E-state index contributed by atoms with van der Waals surface area (Å²) < 4.78 is 3.93. The predicted molar refractivity (Wildman–Crippen MR) is 171 cm³/mol. The monoisotopic (exact) mass is 622 g/mol. The molecule has 5 aliphatic rings. The number of ether oxygens (including phenoxy) is 1. The minimum absolute atomic E-state index is 0.0163. The summed E-state index contributed by atoms with van der Waals surface area (Å²) in [5.74, 6) is -1.70. The number of aliphatic hydroxyl groups excluding tert-OH is 1. The Hall–Kier alpha value is -2.66. The third-order valence-corrected chi connectivity index (χ3v) is 12.3.